The van der Waals surface area contributed by atoms with Crippen molar-refractivity contribution in [3.63, 3.8) is 0 Å². The van der Waals surface area contributed by atoms with E-state index in [1.54, 1.807) is 25.4 Å². The molecule has 12 heteroatoms. The third-order valence-corrected chi connectivity index (χ3v) is 8.02. The van der Waals surface area contributed by atoms with Crippen LogP contribution < -0.4 is 15.2 Å². The predicted octanol–water partition coefficient (Wildman–Crippen LogP) is 3.55. The molecule has 0 saturated carbocycles. The van der Waals surface area contributed by atoms with E-state index in [4.69, 9.17) is 9.88 Å². The van der Waals surface area contributed by atoms with Crippen molar-refractivity contribution < 1.29 is 17.9 Å². The maximum atomic E-state index is 12.8. The molecule has 0 radical (unpaired) electrons. The summed E-state index contributed by atoms with van der Waals surface area (Å²) >= 11 is 5.42. The number of primary sulfonamides is 1. The van der Waals surface area contributed by atoms with Crippen molar-refractivity contribution in [1.29, 1.82) is 0 Å². The Bertz CT molecular complexity index is 1170. The van der Waals surface area contributed by atoms with Crippen LogP contribution in [-0.2, 0) is 10.0 Å². The fourth-order valence-corrected chi connectivity index (χ4v) is 6.02. The zero-order chi connectivity index (χ0) is 20.6. The van der Waals surface area contributed by atoms with Crippen LogP contribution in [-0.4, -0.2) is 31.4 Å². The third kappa shape index (κ3) is 4.10. The van der Waals surface area contributed by atoms with Crippen molar-refractivity contribution in [2.24, 2.45) is 5.14 Å². The number of hydrogen-bond donors (Lipinski definition) is 2. The number of nitrogens with two attached hydrogens (primary N) is 1. The van der Waals surface area contributed by atoms with Crippen LogP contribution in [0.4, 0.5) is 5.13 Å². The summed E-state index contributed by atoms with van der Waals surface area (Å²) in [4.78, 5) is 21.7. The number of halogens is 1. The maximum absolute atomic E-state index is 12.8. The summed E-state index contributed by atoms with van der Waals surface area (Å²) in [6.45, 7) is 3.53. The topological polar surface area (TPSA) is 124 Å². The number of aryl methyl sites for hydroxylation is 1. The third-order valence-electron chi connectivity index (χ3n) is 3.84. The lowest BCUT2D eigenvalue weighted by Gasteiger charge is -2.07. The average Bonchev–Trinajstić information content (AvgIpc) is 3.17. The number of pyridine rings is 1. The molecule has 148 valence electrons. The Morgan fingerprint density at radius 3 is 2.50 bits per heavy atom. The molecule has 0 aromatic carbocycles. The van der Waals surface area contributed by atoms with Crippen molar-refractivity contribution in [2.75, 3.05) is 12.4 Å². The highest BCUT2D eigenvalue weighted by Crippen LogP contribution is 2.40. The number of amides is 1. The van der Waals surface area contributed by atoms with Crippen molar-refractivity contribution in [3.05, 3.63) is 38.9 Å². The second-order valence-electron chi connectivity index (χ2n) is 5.73. The molecule has 0 saturated heterocycles. The summed E-state index contributed by atoms with van der Waals surface area (Å²) < 4.78 is 29.9. The zero-order valence-electron chi connectivity index (χ0n) is 14.9. The van der Waals surface area contributed by atoms with Crippen LogP contribution in [0, 0.1) is 13.8 Å². The molecule has 0 aliphatic heterocycles. The molecule has 0 spiro atoms. The number of rotatable bonds is 5. The van der Waals surface area contributed by atoms with Gasteiger partial charge in [0.05, 0.1) is 22.7 Å². The molecule has 3 aromatic heterocycles. The Morgan fingerprint density at radius 1 is 1.25 bits per heavy atom. The molecule has 0 unspecified atom stereocenters. The molecule has 0 bridgehead atoms. The first kappa shape index (κ1) is 20.9. The van der Waals surface area contributed by atoms with E-state index in [9.17, 15) is 13.2 Å². The normalized spacial score (nSPS) is 11.5. The Kier molecular flexibility index (Phi) is 5.87. The largest absolute Gasteiger partial charge is 0.481 e. The van der Waals surface area contributed by atoms with Gasteiger partial charge in [0.25, 0.3) is 5.91 Å². The Morgan fingerprint density at radius 2 is 1.96 bits per heavy atom. The number of aromatic nitrogens is 2. The van der Waals surface area contributed by atoms with Crippen molar-refractivity contribution >= 4 is 59.7 Å². The standard InChI is InChI=1S/C16H15BrN4O4S3/c1-7-4-11(25-3)19-5-9(7)13-8(2)12(15(27-13)28(18,23)24)14(22)21-16-20-6-10(17)26-16/h4-6H,1-3H3,(H2,18,23,24)(H,20,21,22). The van der Waals surface area contributed by atoms with Crippen LogP contribution in [0.15, 0.2) is 26.5 Å². The molecule has 8 nitrogen and oxygen atoms in total. The van der Waals surface area contributed by atoms with E-state index < -0.39 is 15.9 Å². The van der Waals surface area contributed by atoms with Crippen LogP contribution in [0.5, 0.6) is 5.88 Å². The summed E-state index contributed by atoms with van der Waals surface area (Å²) in [5.74, 6) is -0.153. The lowest BCUT2D eigenvalue weighted by atomic mass is 10.0. The number of ether oxygens (including phenoxy) is 1. The SMILES string of the molecule is COc1cc(C)c(-c2sc(S(N)(=O)=O)c(C(=O)Nc3ncc(Br)s3)c2C)cn1. The van der Waals surface area contributed by atoms with Crippen molar-refractivity contribution in [3.8, 4) is 16.3 Å². The molecule has 3 N–H and O–H groups in total. The van der Waals surface area contributed by atoms with Gasteiger partial charge in [-0.15, -0.1) is 11.3 Å². The van der Waals surface area contributed by atoms with Crippen molar-refractivity contribution in [2.45, 2.75) is 18.1 Å². The molecule has 3 aromatic rings. The summed E-state index contributed by atoms with van der Waals surface area (Å²) in [5.41, 5.74) is 2.03. The number of thiophene rings is 1. The van der Waals surface area contributed by atoms with Crippen LogP contribution in [0.1, 0.15) is 21.5 Å². The number of hydrogen-bond acceptors (Lipinski definition) is 8. The Balaban J connectivity index is 2.13. The average molecular weight is 503 g/mol. The van der Waals surface area contributed by atoms with Gasteiger partial charge >= 0.3 is 0 Å². The fourth-order valence-electron chi connectivity index (χ4n) is 2.56. The highest BCUT2D eigenvalue weighted by molar-refractivity contribution is 9.11. The lowest BCUT2D eigenvalue weighted by Crippen LogP contribution is -2.19. The number of carbonyl (C=O) groups excluding carboxylic acids is 1. The second-order valence-corrected chi connectivity index (χ2v) is 10.9. The quantitative estimate of drug-likeness (QED) is 0.549. The van der Waals surface area contributed by atoms with E-state index in [0.717, 1.165) is 20.7 Å². The minimum atomic E-state index is -4.11. The smallest absolute Gasteiger partial charge is 0.259 e. The molecule has 0 aliphatic rings. The Labute approximate surface area is 178 Å². The maximum Gasteiger partial charge on any atom is 0.259 e. The lowest BCUT2D eigenvalue weighted by molar-refractivity contribution is 0.102. The van der Waals surface area contributed by atoms with Gasteiger partial charge in [-0.2, -0.15) is 0 Å². The van der Waals surface area contributed by atoms with Gasteiger partial charge in [0.15, 0.2) is 5.13 Å². The van der Waals surface area contributed by atoms with E-state index in [0.29, 0.717) is 27.0 Å². The zero-order valence-corrected chi connectivity index (χ0v) is 19.0. The van der Waals surface area contributed by atoms with E-state index in [2.05, 4.69) is 31.2 Å². The van der Waals surface area contributed by atoms with Gasteiger partial charge in [-0.3, -0.25) is 10.1 Å². The van der Waals surface area contributed by atoms with Crippen LogP contribution in [0.25, 0.3) is 10.4 Å². The molecule has 3 heterocycles. The minimum absolute atomic E-state index is 0.00374. The molecule has 3 rings (SSSR count). The number of nitrogens with one attached hydrogen (secondary N) is 1. The van der Waals surface area contributed by atoms with Crippen LogP contribution in [0.2, 0.25) is 0 Å². The first-order valence-electron chi connectivity index (χ1n) is 7.71. The molecule has 28 heavy (non-hydrogen) atoms. The minimum Gasteiger partial charge on any atom is -0.481 e. The molecule has 1 amide bonds. The number of carbonyl (C=O) groups is 1. The monoisotopic (exact) mass is 502 g/mol. The molecule has 0 fully saturated rings. The van der Waals surface area contributed by atoms with Gasteiger partial charge in [-0.25, -0.2) is 23.5 Å². The van der Waals surface area contributed by atoms with Gasteiger partial charge in [-0.05, 0) is 40.9 Å². The predicted molar refractivity (Wildman–Crippen MR) is 113 cm³/mol. The summed E-state index contributed by atoms with van der Waals surface area (Å²) in [6.07, 6.45) is 3.12. The van der Waals surface area contributed by atoms with Gasteiger partial charge in [0.1, 0.15) is 4.21 Å². The summed E-state index contributed by atoms with van der Waals surface area (Å²) in [7, 11) is -2.60. The number of anilines is 1. The molecule has 0 atom stereocenters. The number of thiazole rings is 1. The summed E-state index contributed by atoms with van der Waals surface area (Å²) in [6, 6.07) is 1.73. The van der Waals surface area contributed by atoms with Crippen LogP contribution >= 0.6 is 38.6 Å². The Hall–Kier alpha value is -1.86. The highest BCUT2D eigenvalue weighted by Gasteiger charge is 2.29. The second kappa shape index (κ2) is 7.87. The van der Waals surface area contributed by atoms with Crippen molar-refractivity contribution in [1.82, 2.24) is 9.97 Å². The fraction of sp³-hybridized carbons (Fsp3) is 0.188. The molecular weight excluding hydrogens is 488 g/mol. The van der Waals surface area contributed by atoms with Crippen LogP contribution in [0.3, 0.4) is 0 Å². The van der Waals surface area contributed by atoms with Gasteiger partial charge in [-0.1, -0.05) is 11.3 Å². The van der Waals surface area contributed by atoms with Gasteiger partial charge in [0, 0.05) is 22.7 Å². The molecule has 0 aliphatic carbocycles. The van der Waals surface area contributed by atoms with Gasteiger partial charge < -0.3 is 4.74 Å². The van der Waals surface area contributed by atoms with E-state index in [-0.39, 0.29) is 9.77 Å². The van der Waals surface area contributed by atoms with E-state index >= 15 is 0 Å². The first-order chi connectivity index (χ1) is 13.1. The summed E-state index contributed by atoms with van der Waals surface area (Å²) in [5, 5.41) is 8.34. The number of nitrogens with zero attached hydrogens (tertiary/aromatic N) is 2. The highest BCUT2D eigenvalue weighted by atomic mass is 79.9. The molecular formula is C16H15BrN4O4S3. The first-order valence-corrected chi connectivity index (χ1v) is 11.7. The van der Waals surface area contributed by atoms with E-state index in [1.807, 2.05) is 6.92 Å². The van der Waals surface area contributed by atoms with E-state index in [1.165, 1.54) is 18.4 Å². The van der Waals surface area contributed by atoms with Gasteiger partial charge in [0.2, 0.25) is 15.9 Å². The number of methoxy groups -OCH3 is 1. The number of sulfonamides is 1.